The van der Waals surface area contributed by atoms with Crippen LogP contribution in [0, 0.1) is 5.82 Å². The number of nitrogens with zero attached hydrogens (tertiary/aromatic N) is 1. The summed E-state index contributed by atoms with van der Waals surface area (Å²) >= 11 is 0. The van der Waals surface area contributed by atoms with Gasteiger partial charge in [-0.3, -0.25) is 0 Å². The molecule has 0 aromatic heterocycles. The summed E-state index contributed by atoms with van der Waals surface area (Å²) < 4.78 is 13.6. The lowest BCUT2D eigenvalue weighted by Crippen LogP contribution is -2.43. The zero-order valence-corrected chi connectivity index (χ0v) is 12.6. The quantitative estimate of drug-likeness (QED) is 0.890. The Morgan fingerprint density at radius 2 is 2.05 bits per heavy atom. The number of aliphatic hydroxyl groups is 1. The first kappa shape index (κ1) is 15.3. The summed E-state index contributed by atoms with van der Waals surface area (Å²) in [4.78, 5) is 2.25. The standard InChI is InChI=1S/C16H25FN2O/c1-4-18-12(2)14-11-13(17)5-6-15(14)19-9-7-16(3,20)8-10-19/h5-6,11-12,18,20H,4,7-10H2,1-3H3. The van der Waals surface area contributed by atoms with Gasteiger partial charge in [0.1, 0.15) is 5.82 Å². The van der Waals surface area contributed by atoms with E-state index in [1.165, 1.54) is 6.07 Å². The van der Waals surface area contributed by atoms with Crippen LogP contribution in [0.4, 0.5) is 10.1 Å². The Labute approximate surface area is 120 Å². The van der Waals surface area contributed by atoms with Crippen molar-refractivity contribution in [2.24, 2.45) is 0 Å². The lowest BCUT2D eigenvalue weighted by Gasteiger charge is -2.38. The molecule has 2 N–H and O–H groups in total. The number of anilines is 1. The molecule has 1 aliphatic heterocycles. The van der Waals surface area contributed by atoms with Gasteiger partial charge in [-0.05, 0) is 57.0 Å². The molecule has 1 atom stereocenters. The van der Waals surface area contributed by atoms with E-state index in [1.807, 2.05) is 19.9 Å². The van der Waals surface area contributed by atoms with Crippen LogP contribution in [0.1, 0.15) is 45.2 Å². The zero-order valence-electron chi connectivity index (χ0n) is 12.6. The minimum atomic E-state index is -0.565. The fourth-order valence-corrected chi connectivity index (χ4v) is 2.81. The van der Waals surface area contributed by atoms with Crippen molar-refractivity contribution in [3.8, 4) is 0 Å². The molecule has 3 nitrogen and oxygen atoms in total. The maximum atomic E-state index is 13.6. The molecule has 1 heterocycles. The Bertz CT molecular complexity index is 452. The third-order valence-corrected chi connectivity index (χ3v) is 4.15. The summed E-state index contributed by atoms with van der Waals surface area (Å²) in [6, 6.07) is 5.12. The van der Waals surface area contributed by atoms with E-state index < -0.39 is 5.60 Å². The van der Waals surface area contributed by atoms with Crippen LogP contribution in [0.2, 0.25) is 0 Å². The van der Waals surface area contributed by atoms with Gasteiger partial charge in [0, 0.05) is 24.8 Å². The summed E-state index contributed by atoms with van der Waals surface area (Å²) in [6.07, 6.45) is 1.50. The zero-order chi connectivity index (χ0) is 14.8. The van der Waals surface area contributed by atoms with E-state index in [1.54, 1.807) is 6.07 Å². The molecule has 0 saturated carbocycles. The summed E-state index contributed by atoms with van der Waals surface area (Å²) in [5, 5.41) is 13.4. The van der Waals surface area contributed by atoms with E-state index in [0.717, 1.165) is 43.7 Å². The van der Waals surface area contributed by atoms with Crippen molar-refractivity contribution < 1.29 is 9.50 Å². The molecule has 1 fully saturated rings. The molecule has 1 aromatic rings. The van der Waals surface area contributed by atoms with Crippen molar-refractivity contribution in [1.29, 1.82) is 0 Å². The van der Waals surface area contributed by atoms with Gasteiger partial charge in [0.2, 0.25) is 0 Å². The van der Waals surface area contributed by atoms with Crippen molar-refractivity contribution in [2.75, 3.05) is 24.5 Å². The topological polar surface area (TPSA) is 35.5 Å². The SMILES string of the molecule is CCNC(C)c1cc(F)ccc1N1CCC(C)(O)CC1. The predicted octanol–water partition coefficient (Wildman–Crippen LogP) is 2.85. The highest BCUT2D eigenvalue weighted by atomic mass is 19.1. The van der Waals surface area contributed by atoms with Crippen molar-refractivity contribution >= 4 is 5.69 Å². The second kappa shape index (κ2) is 6.10. The normalized spacial score (nSPS) is 19.9. The number of piperidine rings is 1. The average molecular weight is 280 g/mol. The van der Waals surface area contributed by atoms with Gasteiger partial charge in [0.25, 0.3) is 0 Å². The van der Waals surface area contributed by atoms with Gasteiger partial charge in [-0.15, -0.1) is 0 Å². The summed E-state index contributed by atoms with van der Waals surface area (Å²) in [7, 11) is 0. The molecular formula is C16H25FN2O. The van der Waals surface area contributed by atoms with Crippen LogP contribution in [0.3, 0.4) is 0 Å². The number of hydrogen-bond donors (Lipinski definition) is 2. The van der Waals surface area contributed by atoms with Crippen molar-refractivity contribution in [2.45, 2.75) is 45.3 Å². The number of benzene rings is 1. The van der Waals surface area contributed by atoms with E-state index in [9.17, 15) is 9.50 Å². The molecule has 0 amide bonds. The summed E-state index contributed by atoms with van der Waals surface area (Å²) in [5.74, 6) is -0.197. The molecule has 0 spiro atoms. The molecule has 2 rings (SSSR count). The van der Waals surface area contributed by atoms with Crippen molar-refractivity contribution in [3.05, 3.63) is 29.6 Å². The first-order chi connectivity index (χ1) is 9.43. The molecule has 1 aliphatic rings. The summed E-state index contributed by atoms with van der Waals surface area (Å²) in [6.45, 7) is 8.47. The molecule has 1 aromatic carbocycles. The lowest BCUT2D eigenvalue weighted by molar-refractivity contribution is 0.0351. The number of rotatable bonds is 4. The number of halogens is 1. The van der Waals surface area contributed by atoms with Gasteiger partial charge in [-0.25, -0.2) is 4.39 Å². The monoisotopic (exact) mass is 280 g/mol. The van der Waals surface area contributed by atoms with E-state index >= 15 is 0 Å². The van der Waals surface area contributed by atoms with Crippen LogP contribution in [0.25, 0.3) is 0 Å². The van der Waals surface area contributed by atoms with Gasteiger partial charge < -0.3 is 15.3 Å². The molecule has 112 valence electrons. The molecule has 20 heavy (non-hydrogen) atoms. The Hall–Kier alpha value is -1.13. The smallest absolute Gasteiger partial charge is 0.123 e. The van der Waals surface area contributed by atoms with Crippen LogP contribution in [-0.2, 0) is 0 Å². The highest BCUT2D eigenvalue weighted by Crippen LogP contribution is 2.31. The molecule has 1 saturated heterocycles. The van der Waals surface area contributed by atoms with Gasteiger partial charge in [-0.1, -0.05) is 6.92 Å². The highest BCUT2D eigenvalue weighted by molar-refractivity contribution is 5.55. The fourth-order valence-electron chi connectivity index (χ4n) is 2.81. The average Bonchev–Trinajstić information content (AvgIpc) is 2.39. The molecule has 0 radical (unpaired) electrons. The van der Waals surface area contributed by atoms with E-state index in [-0.39, 0.29) is 11.9 Å². The molecule has 0 bridgehead atoms. The van der Waals surface area contributed by atoms with Gasteiger partial charge in [-0.2, -0.15) is 0 Å². The van der Waals surface area contributed by atoms with Crippen LogP contribution in [-0.4, -0.2) is 30.3 Å². The van der Waals surface area contributed by atoms with Gasteiger partial charge in [0.05, 0.1) is 5.60 Å². The van der Waals surface area contributed by atoms with Gasteiger partial charge in [0.15, 0.2) is 0 Å². The highest BCUT2D eigenvalue weighted by Gasteiger charge is 2.28. The second-order valence-corrected chi connectivity index (χ2v) is 5.97. The largest absolute Gasteiger partial charge is 0.390 e. The molecule has 0 aliphatic carbocycles. The van der Waals surface area contributed by atoms with Gasteiger partial charge >= 0.3 is 0 Å². The molecular weight excluding hydrogens is 255 g/mol. The molecule has 1 unspecified atom stereocenters. The first-order valence-corrected chi connectivity index (χ1v) is 7.43. The Balaban J connectivity index is 2.23. The van der Waals surface area contributed by atoms with Crippen LogP contribution in [0.15, 0.2) is 18.2 Å². The minimum absolute atomic E-state index is 0.119. The van der Waals surface area contributed by atoms with E-state index in [0.29, 0.717) is 0 Å². The first-order valence-electron chi connectivity index (χ1n) is 7.43. The molecule has 4 heteroatoms. The Kier molecular flexibility index (Phi) is 4.66. The third-order valence-electron chi connectivity index (χ3n) is 4.15. The number of nitrogens with one attached hydrogen (secondary N) is 1. The van der Waals surface area contributed by atoms with Crippen molar-refractivity contribution in [1.82, 2.24) is 5.32 Å². The minimum Gasteiger partial charge on any atom is -0.390 e. The predicted molar refractivity (Wildman–Crippen MR) is 80.6 cm³/mol. The van der Waals surface area contributed by atoms with Crippen molar-refractivity contribution in [3.63, 3.8) is 0 Å². The van der Waals surface area contributed by atoms with E-state index in [2.05, 4.69) is 17.1 Å². The van der Waals surface area contributed by atoms with Crippen LogP contribution >= 0.6 is 0 Å². The van der Waals surface area contributed by atoms with E-state index in [4.69, 9.17) is 0 Å². The Morgan fingerprint density at radius 3 is 2.65 bits per heavy atom. The number of hydrogen-bond acceptors (Lipinski definition) is 3. The maximum absolute atomic E-state index is 13.6. The second-order valence-electron chi connectivity index (χ2n) is 5.97. The fraction of sp³-hybridized carbons (Fsp3) is 0.625. The lowest BCUT2D eigenvalue weighted by atomic mass is 9.92. The third kappa shape index (κ3) is 3.49. The Morgan fingerprint density at radius 1 is 1.40 bits per heavy atom. The summed E-state index contributed by atoms with van der Waals surface area (Å²) in [5.41, 5.74) is 1.51. The maximum Gasteiger partial charge on any atom is 0.123 e. The van der Waals surface area contributed by atoms with Crippen LogP contribution in [0.5, 0.6) is 0 Å². The van der Waals surface area contributed by atoms with Crippen LogP contribution < -0.4 is 10.2 Å².